The second-order valence-corrected chi connectivity index (χ2v) is 6.16. The van der Waals surface area contributed by atoms with Crippen LogP contribution >= 0.6 is 0 Å². The van der Waals surface area contributed by atoms with Crippen molar-refractivity contribution in [2.75, 3.05) is 13.1 Å². The molecule has 0 aromatic rings. The van der Waals surface area contributed by atoms with Gasteiger partial charge in [-0.25, -0.2) is 0 Å². The molecule has 1 saturated heterocycles. The van der Waals surface area contributed by atoms with E-state index in [1.165, 1.54) is 0 Å². The standard InChI is InChI=1S/C13H21NO3/c1-13(2)6-7-14(8-13)11(15)9-4-3-5-10(9)12(16)17/h9-10H,3-8H2,1-2H3,(H,16,17)/t9-,10+/m1/s1. The number of carboxylic acid groups (broad SMARTS) is 1. The predicted octanol–water partition coefficient (Wildman–Crippen LogP) is 1.75. The Morgan fingerprint density at radius 1 is 1.24 bits per heavy atom. The maximum absolute atomic E-state index is 12.3. The van der Waals surface area contributed by atoms with Crippen molar-refractivity contribution in [3.63, 3.8) is 0 Å². The summed E-state index contributed by atoms with van der Waals surface area (Å²) in [5, 5.41) is 9.11. The summed E-state index contributed by atoms with van der Waals surface area (Å²) in [6.45, 7) is 5.87. The second kappa shape index (κ2) is 4.31. The number of carboxylic acids is 1. The average Bonchev–Trinajstić information content (AvgIpc) is 2.82. The normalized spacial score (nSPS) is 31.8. The summed E-state index contributed by atoms with van der Waals surface area (Å²) in [6, 6.07) is 0. The molecule has 0 bridgehead atoms. The highest BCUT2D eigenvalue weighted by Gasteiger charge is 2.42. The minimum atomic E-state index is -0.806. The highest BCUT2D eigenvalue weighted by Crippen LogP contribution is 2.36. The smallest absolute Gasteiger partial charge is 0.307 e. The van der Waals surface area contributed by atoms with Crippen molar-refractivity contribution >= 4 is 11.9 Å². The summed E-state index contributed by atoms with van der Waals surface area (Å²) in [5.41, 5.74) is 0.187. The van der Waals surface area contributed by atoms with Crippen LogP contribution in [0.4, 0.5) is 0 Å². The third-order valence-electron chi connectivity index (χ3n) is 4.14. The van der Waals surface area contributed by atoms with Gasteiger partial charge in [0.25, 0.3) is 0 Å². The molecule has 2 aliphatic rings. The fraction of sp³-hybridized carbons (Fsp3) is 0.846. The second-order valence-electron chi connectivity index (χ2n) is 6.16. The van der Waals surface area contributed by atoms with E-state index in [9.17, 15) is 9.59 Å². The van der Waals surface area contributed by atoms with Crippen molar-refractivity contribution in [3.8, 4) is 0 Å². The van der Waals surface area contributed by atoms with Crippen molar-refractivity contribution in [2.45, 2.75) is 39.5 Å². The molecule has 0 radical (unpaired) electrons. The Hall–Kier alpha value is -1.06. The maximum Gasteiger partial charge on any atom is 0.307 e. The minimum Gasteiger partial charge on any atom is -0.481 e. The number of carbonyl (C=O) groups is 2. The van der Waals surface area contributed by atoms with Crippen LogP contribution < -0.4 is 0 Å². The molecule has 17 heavy (non-hydrogen) atoms. The number of carbonyl (C=O) groups excluding carboxylic acids is 1. The van der Waals surface area contributed by atoms with Crippen molar-refractivity contribution < 1.29 is 14.7 Å². The van der Waals surface area contributed by atoms with Gasteiger partial charge in [0, 0.05) is 13.1 Å². The summed E-state index contributed by atoms with van der Waals surface area (Å²) in [5.74, 6) is -1.47. The van der Waals surface area contributed by atoms with E-state index in [1.807, 2.05) is 4.90 Å². The minimum absolute atomic E-state index is 0.0699. The SMILES string of the molecule is CC1(C)CCN(C(=O)[C@@H]2CCC[C@@H]2C(=O)O)C1. The molecule has 4 heteroatoms. The molecule has 4 nitrogen and oxygen atoms in total. The molecule has 2 fully saturated rings. The highest BCUT2D eigenvalue weighted by molar-refractivity contribution is 5.85. The predicted molar refractivity (Wildman–Crippen MR) is 63.4 cm³/mol. The first kappa shape index (κ1) is 12.4. The maximum atomic E-state index is 12.3. The average molecular weight is 239 g/mol. The lowest BCUT2D eigenvalue weighted by Gasteiger charge is -2.24. The molecule has 1 N–H and O–H groups in total. The molecule has 1 aliphatic heterocycles. The third-order valence-corrected chi connectivity index (χ3v) is 4.14. The van der Waals surface area contributed by atoms with Gasteiger partial charge in [0.05, 0.1) is 11.8 Å². The summed E-state index contributed by atoms with van der Waals surface area (Å²) in [4.78, 5) is 25.3. The topological polar surface area (TPSA) is 57.6 Å². The molecule has 1 aliphatic carbocycles. The molecule has 1 amide bonds. The van der Waals surface area contributed by atoms with Gasteiger partial charge in [-0.3, -0.25) is 9.59 Å². The van der Waals surface area contributed by atoms with Crippen LogP contribution in [-0.2, 0) is 9.59 Å². The Balaban J connectivity index is 2.03. The van der Waals surface area contributed by atoms with Crippen LogP contribution in [-0.4, -0.2) is 35.0 Å². The quantitative estimate of drug-likeness (QED) is 0.798. The number of nitrogens with zero attached hydrogens (tertiary/aromatic N) is 1. The molecule has 0 aromatic heterocycles. The van der Waals surface area contributed by atoms with E-state index in [0.717, 1.165) is 32.4 Å². The molecule has 96 valence electrons. The fourth-order valence-corrected chi connectivity index (χ4v) is 3.09. The van der Waals surface area contributed by atoms with E-state index in [2.05, 4.69) is 13.8 Å². The molecule has 0 spiro atoms. The number of hydrogen-bond donors (Lipinski definition) is 1. The zero-order valence-electron chi connectivity index (χ0n) is 10.6. The first-order valence-corrected chi connectivity index (χ1v) is 6.42. The number of rotatable bonds is 2. The van der Waals surface area contributed by atoms with Crippen LogP contribution in [0.25, 0.3) is 0 Å². The molecular weight excluding hydrogens is 218 g/mol. The van der Waals surface area contributed by atoms with E-state index >= 15 is 0 Å². The van der Waals surface area contributed by atoms with Crippen LogP contribution in [0.2, 0.25) is 0 Å². The van der Waals surface area contributed by atoms with Crippen LogP contribution in [0.3, 0.4) is 0 Å². The van der Waals surface area contributed by atoms with Crippen LogP contribution in [0.1, 0.15) is 39.5 Å². The molecular formula is C13H21NO3. The number of hydrogen-bond acceptors (Lipinski definition) is 2. The van der Waals surface area contributed by atoms with Crippen molar-refractivity contribution in [3.05, 3.63) is 0 Å². The van der Waals surface area contributed by atoms with E-state index in [0.29, 0.717) is 6.42 Å². The first-order chi connectivity index (χ1) is 7.91. The van der Waals surface area contributed by atoms with Crippen molar-refractivity contribution in [2.24, 2.45) is 17.3 Å². The number of amides is 1. The number of likely N-dealkylation sites (tertiary alicyclic amines) is 1. The van der Waals surface area contributed by atoms with Crippen LogP contribution in [0, 0.1) is 17.3 Å². The number of aliphatic carboxylic acids is 1. The first-order valence-electron chi connectivity index (χ1n) is 6.42. The molecule has 0 unspecified atom stereocenters. The van der Waals surface area contributed by atoms with Crippen LogP contribution in [0.5, 0.6) is 0 Å². The third kappa shape index (κ3) is 2.45. The fourth-order valence-electron chi connectivity index (χ4n) is 3.09. The van der Waals surface area contributed by atoms with E-state index in [-0.39, 0.29) is 17.2 Å². The van der Waals surface area contributed by atoms with Gasteiger partial charge in [-0.2, -0.15) is 0 Å². The molecule has 0 aromatic carbocycles. The highest BCUT2D eigenvalue weighted by atomic mass is 16.4. The van der Waals surface area contributed by atoms with Gasteiger partial charge >= 0.3 is 5.97 Å². The monoisotopic (exact) mass is 239 g/mol. The van der Waals surface area contributed by atoms with Gasteiger partial charge in [0.15, 0.2) is 0 Å². The Morgan fingerprint density at radius 2 is 1.88 bits per heavy atom. The summed E-state index contributed by atoms with van der Waals surface area (Å²) >= 11 is 0. The Labute approximate surface area is 102 Å². The van der Waals surface area contributed by atoms with Gasteiger partial charge in [0.1, 0.15) is 0 Å². The largest absolute Gasteiger partial charge is 0.481 e. The molecule has 1 saturated carbocycles. The van der Waals surface area contributed by atoms with E-state index < -0.39 is 11.9 Å². The molecule has 1 heterocycles. The van der Waals surface area contributed by atoms with Crippen molar-refractivity contribution in [1.29, 1.82) is 0 Å². The van der Waals surface area contributed by atoms with E-state index in [1.54, 1.807) is 0 Å². The zero-order chi connectivity index (χ0) is 12.6. The molecule has 2 atom stereocenters. The van der Waals surface area contributed by atoms with Crippen molar-refractivity contribution in [1.82, 2.24) is 4.90 Å². The van der Waals surface area contributed by atoms with Gasteiger partial charge < -0.3 is 10.0 Å². The molecule has 2 rings (SSSR count). The summed E-state index contributed by atoms with van der Waals surface area (Å²) < 4.78 is 0. The Kier molecular flexibility index (Phi) is 3.15. The lowest BCUT2D eigenvalue weighted by Crippen LogP contribution is -2.38. The lowest BCUT2D eigenvalue weighted by atomic mass is 9.92. The Morgan fingerprint density at radius 3 is 2.41 bits per heavy atom. The summed E-state index contributed by atoms with van der Waals surface area (Å²) in [6.07, 6.45) is 3.28. The zero-order valence-corrected chi connectivity index (χ0v) is 10.6. The van der Waals surface area contributed by atoms with Gasteiger partial charge in [-0.05, 0) is 24.7 Å². The van der Waals surface area contributed by atoms with Gasteiger partial charge in [-0.15, -0.1) is 0 Å². The van der Waals surface area contributed by atoms with E-state index in [4.69, 9.17) is 5.11 Å². The van der Waals surface area contributed by atoms with Crippen LogP contribution in [0.15, 0.2) is 0 Å². The van der Waals surface area contributed by atoms with Gasteiger partial charge in [-0.1, -0.05) is 20.3 Å². The summed E-state index contributed by atoms with van der Waals surface area (Å²) in [7, 11) is 0. The van der Waals surface area contributed by atoms with Gasteiger partial charge in [0.2, 0.25) is 5.91 Å². The lowest BCUT2D eigenvalue weighted by molar-refractivity contribution is -0.148. The Bertz CT molecular complexity index is 338.